The third-order valence-electron chi connectivity index (χ3n) is 4.53. The molecule has 2 aromatic rings. The van der Waals surface area contributed by atoms with Gasteiger partial charge in [-0.05, 0) is 49.7 Å². The Labute approximate surface area is 159 Å². The molecule has 0 spiro atoms. The molecule has 1 unspecified atom stereocenters. The van der Waals surface area contributed by atoms with Crippen LogP contribution in [0.25, 0.3) is 0 Å². The predicted octanol–water partition coefficient (Wildman–Crippen LogP) is 3.41. The lowest BCUT2D eigenvalue weighted by atomic mass is 10.0. The van der Waals surface area contributed by atoms with Crippen molar-refractivity contribution in [3.63, 3.8) is 0 Å². The van der Waals surface area contributed by atoms with Crippen LogP contribution in [0.2, 0.25) is 0 Å². The third kappa shape index (κ3) is 4.39. The number of amides is 1. The molecule has 1 heterocycles. The highest BCUT2D eigenvalue weighted by Gasteiger charge is 2.29. The smallest absolute Gasteiger partial charge is 0.254 e. The summed E-state index contributed by atoms with van der Waals surface area (Å²) in [5.74, 6) is 0.778. The van der Waals surface area contributed by atoms with Crippen molar-refractivity contribution in [1.29, 1.82) is 0 Å². The van der Waals surface area contributed by atoms with Crippen molar-refractivity contribution in [2.75, 3.05) is 32.8 Å². The fraction of sp³-hybridized carbons (Fsp3) is 0.381. The summed E-state index contributed by atoms with van der Waals surface area (Å²) >= 11 is 0. The van der Waals surface area contributed by atoms with Crippen LogP contribution in [0.4, 0.5) is 4.39 Å². The van der Waals surface area contributed by atoms with Crippen LogP contribution in [0.1, 0.15) is 35.8 Å². The largest absolute Gasteiger partial charge is 0.490 e. The number of carbonyl (C=O) groups excluding carboxylic acids is 1. The molecule has 27 heavy (non-hydrogen) atoms. The summed E-state index contributed by atoms with van der Waals surface area (Å²) in [6.07, 6.45) is 0. The van der Waals surface area contributed by atoms with Crippen LogP contribution in [0.3, 0.4) is 0 Å². The number of ether oxygens (including phenoxy) is 2. The number of rotatable bonds is 6. The van der Waals surface area contributed by atoms with E-state index in [2.05, 4.69) is 5.32 Å². The summed E-state index contributed by atoms with van der Waals surface area (Å²) in [5.41, 5.74) is 1.32. The number of piperazine rings is 1. The highest BCUT2D eigenvalue weighted by Crippen LogP contribution is 2.31. The molecule has 1 fully saturated rings. The van der Waals surface area contributed by atoms with Crippen LogP contribution in [-0.4, -0.2) is 43.7 Å². The van der Waals surface area contributed by atoms with E-state index in [0.717, 1.165) is 5.56 Å². The summed E-state index contributed by atoms with van der Waals surface area (Å²) < 4.78 is 24.9. The van der Waals surface area contributed by atoms with E-state index in [9.17, 15) is 9.18 Å². The average molecular weight is 372 g/mol. The fourth-order valence-corrected chi connectivity index (χ4v) is 3.31. The van der Waals surface area contributed by atoms with E-state index < -0.39 is 0 Å². The van der Waals surface area contributed by atoms with Gasteiger partial charge in [0.15, 0.2) is 11.5 Å². The summed E-state index contributed by atoms with van der Waals surface area (Å²) in [6, 6.07) is 11.4. The van der Waals surface area contributed by atoms with Gasteiger partial charge in [0.1, 0.15) is 5.82 Å². The minimum atomic E-state index is -0.301. The van der Waals surface area contributed by atoms with Gasteiger partial charge in [-0.15, -0.1) is 0 Å². The molecular formula is C21H25FN2O3. The predicted molar refractivity (Wildman–Crippen MR) is 102 cm³/mol. The second-order valence-corrected chi connectivity index (χ2v) is 6.30. The van der Waals surface area contributed by atoms with Crippen molar-refractivity contribution >= 4 is 5.91 Å². The fourth-order valence-electron chi connectivity index (χ4n) is 3.31. The molecule has 144 valence electrons. The third-order valence-corrected chi connectivity index (χ3v) is 4.53. The van der Waals surface area contributed by atoms with E-state index in [4.69, 9.17) is 9.47 Å². The first-order valence-electron chi connectivity index (χ1n) is 9.30. The lowest BCUT2D eigenvalue weighted by Crippen LogP contribution is -2.48. The Balaban J connectivity index is 1.89. The first-order chi connectivity index (χ1) is 13.1. The first kappa shape index (κ1) is 19.2. The van der Waals surface area contributed by atoms with Gasteiger partial charge in [0, 0.05) is 25.2 Å². The molecule has 5 nitrogen and oxygen atoms in total. The highest BCUT2D eigenvalue weighted by atomic mass is 19.1. The number of nitrogens with one attached hydrogen (secondary N) is 1. The average Bonchev–Trinajstić information content (AvgIpc) is 2.69. The quantitative estimate of drug-likeness (QED) is 0.844. The monoisotopic (exact) mass is 372 g/mol. The number of nitrogens with zero attached hydrogens (tertiary/aromatic N) is 1. The minimum Gasteiger partial charge on any atom is -0.490 e. The Morgan fingerprint density at radius 3 is 2.67 bits per heavy atom. The van der Waals surface area contributed by atoms with Gasteiger partial charge in [-0.25, -0.2) is 4.39 Å². The SMILES string of the molecule is CCOc1ccc(C(=O)N2CCNCC2c2cccc(F)c2)cc1OCC. The molecular weight excluding hydrogens is 347 g/mol. The molecule has 1 saturated heterocycles. The zero-order valence-corrected chi connectivity index (χ0v) is 15.7. The van der Waals surface area contributed by atoms with Crippen LogP contribution >= 0.6 is 0 Å². The molecule has 0 bridgehead atoms. The summed E-state index contributed by atoms with van der Waals surface area (Å²) in [7, 11) is 0. The molecule has 0 aromatic heterocycles. The summed E-state index contributed by atoms with van der Waals surface area (Å²) in [4.78, 5) is 15.0. The van der Waals surface area contributed by atoms with Gasteiger partial charge >= 0.3 is 0 Å². The van der Waals surface area contributed by atoms with E-state index in [0.29, 0.717) is 49.9 Å². The zero-order valence-electron chi connectivity index (χ0n) is 15.7. The van der Waals surface area contributed by atoms with Crippen molar-refractivity contribution in [2.45, 2.75) is 19.9 Å². The van der Waals surface area contributed by atoms with Gasteiger partial charge < -0.3 is 19.7 Å². The van der Waals surface area contributed by atoms with Crippen molar-refractivity contribution in [2.24, 2.45) is 0 Å². The van der Waals surface area contributed by atoms with Crippen molar-refractivity contribution in [3.8, 4) is 11.5 Å². The number of benzene rings is 2. The maximum atomic E-state index is 13.7. The van der Waals surface area contributed by atoms with E-state index in [1.807, 2.05) is 19.9 Å². The number of hydrogen-bond acceptors (Lipinski definition) is 4. The Kier molecular flexibility index (Phi) is 6.29. The van der Waals surface area contributed by atoms with Crippen molar-refractivity contribution in [1.82, 2.24) is 10.2 Å². The summed E-state index contributed by atoms with van der Waals surface area (Å²) in [6.45, 7) is 6.64. The molecule has 1 aliphatic rings. The molecule has 1 aliphatic heterocycles. The van der Waals surface area contributed by atoms with Gasteiger partial charge in [0.05, 0.1) is 19.3 Å². The minimum absolute atomic E-state index is 0.102. The van der Waals surface area contributed by atoms with E-state index in [1.54, 1.807) is 29.2 Å². The second kappa shape index (κ2) is 8.86. The normalized spacial score (nSPS) is 16.9. The van der Waals surface area contributed by atoms with Gasteiger partial charge in [-0.1, -0.05) is 12.1 Å². The van der Waals surface area contributed by atoms with Crippen molar-refractivity contribution in [3.05, 3.63) is 59.4 Å². The van der Waals surface area contributed by atoms with Crippen LogP contribution in [-0.2, 0) is 0 Å². The van der Waals surface area contributed by atoms with E-state index >= 15 is 0 Å². The number of carbonyl (C=O) groups is 1. The van der Waals surface area contributed by atoms with Gasteiger partial charge in [0.25, 0.3) is 5.91 Å². The van der Waals surface area contributed by atoms with Crippen LogP contribution in [0.5, 0.6) is 11.5 Å². The van der Waals surface area contributed by atoms with E-state index in [1.165, 1.54) is 12.1 Å². The molecule has 6 heteroatoms. The second-order valence-electron chi connectivity index (χ2n) is 6.30. The molecule has 0 aliphatic carbocycles. The van der Waals surface area contributed by atoms with Gasteiger partial charge in [-0.3, -0.25) is 4.79 Å². The molecule has 2 aromatic carbocycles. The Morgan fingerprint density at radius 2 is 1.93 bits per heavy atom. The Hall–Kier alpha value is -2.60. The van der Waals surface area contributed by atoms with Gasteiger partial charge in [-0.2, -0.15) is 0 Å². The molecule has 1 N–H and O–H groups in total. The van der Waals surface area contributed by atoms with Crippen LogP contribution in [0.15, 0.2) is 42.5 Å². The standard InChI is InChI=1S/C21H25FN2O3/c1-3-26-19-9-8-16(13-20(19)27-4-2)21(25)24-11-10-23-14-18(24)15-6-5-7-17(22)12-15/h5-9,12-13,18,23H,3-4,10-11,14H2,1-2H3. The maximum absolute atomic E-state index is 13.7. The first-order valence-corrected chi connectivity index (χ1v) is 9.30. The molecule has 1 amide bonds. The molecule has 1 atom stereocenters. The number of halogens is 1. The van der Waals surface area contributed by atoms with Crippen LogP contribution < -0.4 is 14.8 Å². The molecule has 3 rings (SSSR count). The van der Waals surface area contributed by atoms with E-state index in [-0.39, 0.29) is 17.8 Å². The van der Waals surface area contributed by atoms with Crippen LogP contribution in [0, 0.1) is 5.82 Å². The zero-order chi connectivity index (χ0) is 19.2. The maximum Gasteiger partial charge on any atom is 0.254 e. The number of hydrogen-bond donors (Lipinski definition) is 1. The topological polar surface area (TPSA) is 50.8 Å². The van der Waals surface area contributed by atoms with Crippen molar-refractivity contribution < 1.29 is 18.7 Å². The Morgan fingerprint density at radius 1 is 1.15 bits per heavy atom. The van der Waals surface area contributed by atoms with Gasteiger partial charge in [0.2, 0.25) is 0 Å². The Bertz CT molecular complexity index is 797. The lowest BCUT2D eigenvalue weighted by Gasteiger charge is -2.36. The molecule has 0 saturated carbocycles. The highest BCUT2D eigenvalue weighted by molar-refractivity contribution is 5.95. The molecule has 0 radical (unpaired) electrons. The summed E-state index contributed by atoms with van der Waals surface area (Å²) in [5, 5.41) is 3.29. The lowest BCUT2D eigenvalue weighted by molar-refractivity contribution is 0.0633.